The fraction of sp³-hybridized carbons (Fsp3) is 0.727. The number of imidazole rings is 1. The Labute approximate surface area is 90.9 Å². The van der Waals surface area contributed by atoms with Crippen LogP contribution in [-0.4, -0.2) is 29.2 Å². The second-order valence-electron chi connectivity index (χ2n) is 4.12. The van der Waals surface area contributed by atoms with Crippen molar-refractivity contribution >= 4 is 0 Å². The quantitative estimate of drug-likeness (QED) is 0.768. The van der Waals surface area contributed by atoms with Crippen LogP contribution in [-0.2, 0) is 6.42 Å². The topological polar surface area (TPSA) is 55.9 Å². The van der Waals surface area contributed by atoms with Crippen molar-refractivity contribution < 1.29 is 0 Å². The van der Waals surface area contributed by atoms with Crippen LogP contribution in [0.25, 0.3) is 0 Å². The molecule has 4 heteroatoms. The number of hydrogen-bond acceptors (Lipinski definition) is 3. The van der Waals surface area contributed by atoms with E-state index in [1.54, 1.807) is 0 Å². The fourth-order valence-electron chi connectivity index (χ4n) is 2.28. The van der Waals surface area contributed by atoms with Crippen molar-refractivity contribution in [2.45, 2.75) is 31.7 Å². The lowest BCUT2D eigenvalue weighted by Gasteiger charge is -2.18. The third-order valence-electron chi connectivity index (χ3n) is 3.06. The van der Waals surface area contributed by atoms with Crippen LogP contribution in [0.15, 0.2) is 12.4 Å². The minimum atomic E-state index is 0.615. The number of nitrogens with zero attached hydrogens (tertiary/aromatic N) is 2. The van der Waals surface area contributed by atoms with Crippen molar-refractivity contribution in [2.24, 2.45) is 5.73 Å². The Balaban J connectivity index is 2.08. The minimum absolute atomic E-state index is 0.615. The number of aromatic nitrogens is 2. The third-order valence-corrected chi connectivity index (χ3v) is 3.06. The highest BCUT2D eigenvalue weighted by Gasteiger charge is 2.15. The van der Waals surface area contributed by atoms with E-state index in [9.17, 15) is 0 Å². The van der Waals surface area contributed by atoms with Crippen LogP contribution in [0.5, 0.6) is 0 Å². The van der Waals surface area contributed by atoms with Crippen molar-refractivity contribution in [1.82, 2.24) is 14.9 Å². The smallest absolute Gasteiger partial charge is 0.110 e. The van der Waals surface area contributed by atoms with Crippen molar-refractivity contribution in [3.63, 3.8) is 0 Å². The van der Waals surface area contributed by atoms with Gasteiger partial charge in [-0.1, -0.05) is 0 Å². The third kappa shape index (κ3) is 2.58. The molecule has 15 heavy (non-hydrogen) atoms. The van der Waals surface area contributed by atoms with Crippen LogP contribution < -0.4 is 11.1 Å². The van der Waals surface area contributed by atoms with E-state index in [4.69, 9.17) is 5.73 Å². The van der Waals surface area contributed by atoms with E-state index in [1.807, 2.05) is 6.20 Å². The van der Waals surface area contributed by atoms with Crippen molar-refractivity contribution in [2.75, 3.05) is 19.6 Å². The van der Waals surface area contributed by atoms with Gasteiger partial charge in [-0.3, -0.25) is 0 Å². The molecule has 2 heterocycles. The molecule has 1 aliphatic heterocycles. The van der Waals surface area contributed by atoms with E-state index in [0.717, 1.165) is 25.3 Å². The Morgan fingerprint density at radius 2 is 2.40 bits per heavy atom. The molecule has 0 radical (unpaired) electrons. The largest absolute Gasteiger partial charge is 0.332 e. The monoisotopic (exact) mass is 208 g/mol. The van der Waals surface area contributed by atoms with E-state index in [-0.39, 0.29) is 0 Å². The summed E-state index contributed by atoms with van der Waals surface area (Å²) in [6.45, 7) is 2.95. The summed E-state index contributed by atoms with van der Waals surface area (Å²) in [5, 5.41) is 3.43. The van der Waals surface area contributed by atoms with Gasteiger partial charge in [0.1, 0.15) is 5.82 Å². The molecule has 1 fully saturated rings. The van der Waals surface area contributed by atoms with Gasteiger partial charge in [0.25, 0.3) is 0 Å². The average Bonchev–Trinajstić information content (AvgIpc) is 2.53. The van der Waals surface area contributed by atoms with Gasteiger partial charge in [0.15, 0.2) is 0 Å². The first-order valence-electron chi connectivity index (χ1n) is 5.84. The standard InChI is InChI=1S/C11H20N4/c12-5-3-11-14-8-9-15(11)10-2-1-6-13-7-4-10/h8-10,13H,1-7,12H2. The average molecular weight is 208 g/mol. The number of hydrogen-bond donors (Lipinski definition) is 2. The molecule has 84 valence electrons. The SMILES string of the molecule is NCCc1nccn1C1CCCNCC1. The normalized spacial score (nSPS) is 22.6. The molecule has 1 unspecified atom stereocenters. The van der Waals surface area contributed by atoms with Crippen LogP contribution in [0.2, 0.25) is 0 Å². The molecule has 0 bridgehead atoms. The van der Waals surface area contributed by atoms with E-state index in [0.29, 0.717) is 12.6 Å². The maximum absolute atomic E-state index is 5.58. The number of rotatable bonds is 3. The van der Waals surface area contributed by atoms with Gasteiger partial charge in [0.05, 0.1) is 0 Å². The maximum Gasteiger partial charge on any atom is 0.110 e. The van der Waals surface area contributed by atoms with Crippen LogP contribution in [0, 0.1) is 0 Å². The van der Waals surface area contributed by atoms with E-state index in [2.05, 4.69) is 21.1 Å². The molecular weight excluding hydrogens is 188 g/mol. The second-order valence-corrected chi connectivity index (χ2v) is 4.12. The molecule has 3 N–H and O–H groups in total. The van der Waals surface area contributed by atoms with E-state index in [1.165, 1.54) is 19.3 Å². The van der Waals surface area contributed by atoms with E-state index < -0.39 is 0 Å². The predicted molar refractivity (Wildman–Crippen MR) is 60.7 cm³/mol. The zero-order chi connectivity index (χ0) is 10.5. The van der Waals surface area contributed by atoms with Gasteiger partial charge in [-0.15, -0.1) is 0 Å². The zero-order valence-corrected chi connectivity index (χ0v) is 9.15. The van der Waals surface area contributed by atoms with Crippen molar-refractivity contribution in [1.29, 1.82) is 0 Å². The Hall–Kier alpha value is -0.870. The molecule has 0 aliphatic carbocycles. The number of nitrogens with two attached hydrogens (primary N) is 1. The molecule has 1 aromatic rings. The summed E-state index contributed by atoms with van der Waals surface area (Å²) in [6.07, 6.45) is 8.58. The van der Waals surface area contributed by atoms with Crippen LogP contribution in [0.4, 0.5) is 0 Å². The van der Waals surface area contributed by atoms with Gasteiger partial charge in [0.2, 0.25) is 0 Å². The van der Waals surface area contributed by atoms with Gasteiger partial charge < -0.3 is 15.6 Å². The maximum atomic E-state index is 5.58. The van der Waals surface area contributed by atoms with Gasteiger partial charge in [0, 0.05) is 24.9 Å². The second kappa shape index (κ2) is 5.28. The van der Waals surface area contributed by atoms with Gasteiger partial charge in [-0.25, -0.2) is 4.98 Å². The van der Waals surface area contributed by atoms with Crippen LogP contribution in [0.1, 0.15) is 31.1 Å². The van der Waals surface area contributed by atoms with Crippen LogP contribution in [0.3, 0.4) is 0 Å². The molecular formula is C11H20N4. The molecule has 0 spiro atoms. The predicted octanol–water partition coefficient (Wildman–Crippen LogP) is 0.699. The van der Waals surface area contributed by atoms with Gasteiger partial charge in [-0.05, 0) is 38.9 Å². The lowest BCUT2D eigenvalue weighted by Crippen LogP contribution is -2.17. The summed E-state index contributed by atoms with van der Waals surface area (Å²) in [5.74, 6) is 1.14. The minimum Gasteiger partial charge on any atom is -0.332 e. The molecule has 1 aromatic heterocycles. The first-order chi connectivity index (χ1) is 7.42. The van der Waals surface area contributed by atoms with Crippen LogP contribution >= 0.6 is 0 Å². The fourth-order valence-corrected chi connectivity index (χ4v) is 2.28. The van der Waals surface area contributed by atoms with Crippen molar-refractivity contribution in [3.8, 4) is 0 Å². The lowest BCUT2D eigenvalue weighted by atomic mass is 10.1. The Kier molecular flexibility index (Phi) is 3.75. The van der Waals surface area contributed by atoms with Gasteiger partial charge in [-0.2, -0.15) is 0 Å². The highest BCUT2D eigenvalue weighted by Crippen LogP contribution is 2.21. The van der Waals surface area contributed by atoms with E-state index >= 15 is 0 Å². The van der Waals surface area contributed by atoms with Gasteiger partial charge >= 0.3 is 0 Å². The summed E-state index contributed by atoms with van der Waals surface area (Å²) >= 11 is 0. The lowest BCUT2D eigenvalue weighted by molar-refractivity contribution is 0.439. The molecule has 0 amide bonds. The molecule has 2 rings (SSSR count). The summed E-state index contributed by atoms with van der Waals surface area (Å²) in [6, 6.07) is 0.615. The summed E-state index contributed by atoms with van der Waals surface area (Å²) in [4.78, 5) is 4.37. The molecule has 0 saturated carbocycles. The molecule has 4 nitrogen and oxygen atoms in total. The van der Waals surface area contributed by atoms with Crippen molar-refractivity contribution in [3.05, 3.63) is 18.2 Å². The first-order valence-corrected chi connectivity index (χ1v) is 5.84. The highest BCUT2D eigenvalue weighted by molar-refractivity contribution is 4.96. The highest BCUT2D eigenvalue weighted by atomic mass is 15.1. The Bertz CT molecular complexity index is 287. The summed E-state index contributed by atoms with van der Waals surface area (Å²) in [7, 11) is 0. The zero-order valence-electron chi connectivity index (χ0n) is 9.15. The Morgan fingerprint density at radius 3 is 3.27 bits per heavy atom. The number of nitrogens with one attached hydrogen (secondary N) is 1. The molecule has 1 atom stereocenters. The summed E-state index contributed by atoms with van der Waals surface area (Å²) in [5.41, 5.74) is 5.58. The Morgan fingerprint density at radius 1 is 1.47 bits per heavy atom. The first kappa shape index (κ1) is 10.6. The molecule has 1 saturated heterocycles. The molecule has 0 aromatic carbocycles. The summed E-state index contributed by atoms with van der Waals surface area (Å²) < 4.78 is 2.32. The molecule has 1 aliphatic rings.